The lowest BCUT2D eigenvalue weighted by Gasteiger charge is -2.27. The smallest absolute Gasteiger partial charge is 0.337 e. The SMILES string of the molecule is CCCCCCCCCCCCCC[Si](CCC)(OC)OC. The Labute approximate surface area is 141 Å². The predicted octanol–water partition coefficient (Wildman–Crippen LogP) is 6.83. The standard InChI is InChI=1S/C19H42O2Si/c1-5-7-8-9-10-11-12-13-14-15-16-17-19-22(20-3,21-4)18-6-2/h5-19H2,1-4H3. The minimum Gasteiger partial charge on any atom is -0.398 e. The van der Waals surface area contributed by atoms with E-state index in [1.54, 1.807) is 0 Å². The van der Waals surface area contributed by atoms with Gasteiger partial charge in [0.1, 0.15) is 0 Å². The van der Waals surface area contributed by atoms with Crippen molar-refractivity contribution in [3.05, 3.63) is 0 Å². The van der Waals surface area contributed by atoms with Crippen LogP contribution in [0.2, 0.25) is 12.1 Å². The lowest BCUT2D eigenvalue weighted by atomic mass is 10.1. The van der Waals surface area contributed by atoms with Gasteiger partial charge in [0.25, 0.3) is 0 Å². The first-order valence-corrected chi connectivity index (χ1v) is 12.1. The number of hydrogen-bond donors (Lipinski definition) is 0. The summed E-state index contributed by atoms with van der Waals surface area (Å²) in [5, 5.41) is 0. The van der Waals surface area contributed by atoms with Gasteiger partial charge in [0.05, 0.1) is 0 Å². The van der Waals surface area contributed by atoms with Crippen LogP contribution in [0.1, 0.15) is 97.3 Å². The van der Waals surface area contributed by atoms with Crippen molar-refractivity contribution in [2.75, 3.05) is 14.2 Å². The molecule has 0 bridgehead atoms. The molecule has 2 nitrogen and oxygen atoms in total. The number of hydrogen-bond acceptors (Lipinski definition) is 2. The quantitative estimate of drug-likeness (QED) is 0.215. The summed E-state index contributed by atoms with van der Waals surface area (Å²) in [4.78, 5) is 0. The van der Waals surface area contributed by atoms with Crippen molar-refractivity contribution < 1.29 is 8.85 Å². The lowest BCUT2D eigenvalue weighted by Crippen LogP contribution is -2.39. The van der Waals surface area contributed by atoms with Crippen LogP contribution in [0.5, 0.6) is 0 Å². The molecule has 0 radical (unpaired) electrons. The van der Waals surface area contributed by atoms with E-state index in [0.29, 0.717) is 0 Å². The molecule has 0 aliphatic rings. The fraction of sp³-hybridized carbons (Fsp3) is 1.00. The molecule has 0 saturated carbocycles. The largest absolute Gasteiger partial charge is 0.398 e. The van der Waals surface area contributed by atoms with Crippen molar-refractivity contribution in [1.82, 2.24) is 0 Å². The van der Waals surface area contributed by atoms with Crippen LogP contribution in [0, 0.1) is 0 Å². The second-order valence-electron chi connectivity index (χ2n) is 6.71. The second-order valence-corrected chi connectivity index (χ2v) is 10.3. The molecular formula is C19H42O2Si. The van der Waals surface area contributed by atoms with Crippen molar-refractivity contribution in [2.24, 2.45) is 0 Å². The molecule has 0 aliphatic heterocycles. The highest BCUT2D eigenvalue weighted by atomic mass is 28.4. The van der Waals surface area contributed by atoms with Crippen molar-refractivity contribution in [3.63, 3.8) is 0 Å². The molecule has 0 rings (SSSR count). The Bertz CT molecular complexity index is 217. The molecule has 22 heavy (non-hydrogen) atoms. The summed E-state index contributed by atoms with van der Waals surface area (Å²) >= 11 is 0. The van der Waals surface area contributed by atoms with E-state index >= 15 is 0 Å². The molecule has 0 aromatic heterocycles. The Hall–Kier alpha value is 0.137. The molecule has 0 spiro atoms. The Kier molecular flexibility index (Phi) is 16.1. The zero-order chi connectivity index (χ0) is 16.5. The van der Waals surface area contributed by atoms with Crippen LogP contribution in [0.3, 0.4) is 0 Å². The summed E-state index contributed by atoms with van der Waals surface area (Å²) in [7, 11) is 1.84. The molecule has 0 N–H and O–H groups in total. The van der Waals surface area contributed by atoms with Gasteiger partial charge < -0.3 is 8.85 Å². The average Bonchev–Trinajstić information content (AvgIpc) is 2.55. The second kappa shape index (κ2) is 16.0. The Morgan fingerprint density at radius 1 is 0.500 bits per heavy atom. The third-order valence-electron chi connectivity index (χ3n) is 4.79. The van der Waals surface area contributed by atoms with Crippen molar-refractivity contribution in [2.45, 2.75) is 109 Å². The molecule has 0 aliphatic carbocycles. The molecule has 0 saturated heterocycles. The minimum atomic E-state index is -1.84. The zero-order valence-electron chi connectivity index (χ0n) is 15.9. The molecule has 0 aromatic carbocycles. The van der Waals surface area contributed by atoms with Crippen LogP contribution in [0.25, 0.3) is 0 Å². The summed E-state index contributed by atoms with van der Waals surface area (Å²) in [5.74, 6) is 0. The molecule has 0 aromatic rings. The van der Waals surface area contributed by atoms with Gasteiger partial charge in [-0.3, -0.25) is 0 Å². The topological polar surface area (TPSA) is 18.5 Å². The van der Waals surface area contributed by atoms with Crippen LogP contribution in [0.15, 0.2) is 0 Å². The van der Waals surface area contributed by atoms with Gasteiger partial charge in [-0.2, -0.15) is 0 Å². The third kappa shape index (κ3) is 11.7. The van der Waals surface area contributed by atoms with Gasteiger partial charge in [-0.25, -0.2) is 0 Å². The fourth-order valence-corrected chi connectivity index (χ4v) is 6.02. The summed E-state index contributed by atoms with van der Waals surface area (Å²) in [6.45, 7) is 4.51. The highest BCUT2D eigenvalue weighted by Gasteiger charge is 2.33. The van der Waals surface area contributed by atoms with Crippen molar-refractivity contribution in [3.8, 4) is 0 Å². The Balaban J connectivity index is 3.38. The van der Waals surface area contributed by atoms with Crippen LogP contribution >= 0.6 is 0 Å². The Morgan fingerprint density at radius 2 is 0.909 bits per heavy atom. The monoisotopic (exact) mass is 330 g/mol. The molecule has 0 heterocycles. The summed E-state index contributed by atoms with van der Waals surface area (Å²) in [6.07, 6.45) is 18.0. The molecule has 0 amide bonds. The van der Waals surface area contributed by atoms with Gasteiger partial charge in [-0.05, 0) is 12.1 Å². The summed E-state index contributed by atoms with van der Waals surface area (Å²) in [6, 6.07) is 2.31. The lowest BCUT2D eigenvalue weighted by molar-refractivity contribution is 0.239. The van der Waals surface area contributed by atoms with E-state index in [-0.39, 0.29) is 0 Å². The first-order valence-electron chi connectivity index (χ1n) is 9.85. The molecular weight excluding hydrogens is 288 g/mol. The first-order chi connectivity index (χ1) is 10.7. The van der Waals surface area contributed by atoms with Crippen LogP contribution in [-0.4, -0.2) is 22.8 Å². The third-order valence-corrected chi connectivity index (χ3v) is 8.65. The maximum Gasteiger partial charge on any atom is 0.337 e. The summed E-state index contributed by atoms with van der Waals surface area (Å²) in [5.41, 5.74) is 0. The summed E-state index contributed by atoms with van der Waals surface area (Å²) < 4.78 is 11.5. The maximum absolute atomic E-state index is 5.74. The van der Waals surface area contributed by atoms with Crippen LogP contribution in [-0.2, 0) is 8.85 Å². The van der Waals surface area contributed by atoms with E-state index in [1.807, 2.05) is 14.2 Å². The van der Waals surface area contributed by atoms with E-state index in [4.69, 9.17) is 8.85 Å². The minimum absolute atomic E-state index is 1.14. The van der Waals surface area contributed by atoms with E-state index in [1.165, 1.54) is 89.5 Å². The Morgan fingerprint density at radius 3 is 1.27 bits per heavy atom. The van der Waals surface area contributed by atoms with Gasteiger partial charge in [-0.15, -0.1) is 0 Å². The van der Waals surface area contributed by atoms with E-state index < -0.39 is 8.56 Å². The van der Waals surface area contributed by atoms with Gasteiger partial charge in [-0.1, -0.05) is 97.3 Å². The number of rotatable bonds is 17. The van der Waals surface area contributed by atoms with E-state index in [0.717, 1.165) is 6.04 Å². The predicted molar refractivity (Wildman–Crippen MR) is 101 cm³/mol. The van der Waals surface area contributed by atoms with Crippen LogP contribution < -0.4 is 0 Å². The van der Waals surface area contributed by atoms with Crippen molar-refractivity contribution in [1.29, 1.82) is 0 Å². The molecule has 0 atom stereocenters. The molecule has 0 unspecified atom stereocenters. The van der Waals surface area contributed by atoms with Gasteiger partial charge in [0, 0.05) is 14.2 Å². The zero-order valence-corrected chi connectivity index (χ0v) is 16.9. The van der Waals surface area contributed by atoms with Gasteiger partial charge in [0.15, 0.2) is 0 Å². The highest BCUT2D eigenvalue weighted by molar-refractivity contribution is 6.67. The maximum atomic E-state index is 5.74. The average molecular weight is 331 g/mol. The molecule has 3 heteroatoms. The van der Waals surface area contributed by atoms with E-state index in [9.17, 15) is 0 Å². The highest BCUT2D eigenvalue weighted by Crippen LogP contribution is 2.23. The number of unbranched alkanes of at least 4 members (excludes halogenated alkanes) is 11. The van der Waals surface area contributed by atoms with Gasteiger partial charge in [0.2, 0.25) is 0 Å². The van der Waals surface area contributed by atoms with Crippen LogP contribution in [0.4, 0.5) is 0 Å². The van der Waals surface area contributed by atoms with E-state index in [2.05, 4.69) is 13.8 Å². The molecule has 134 valence electrons. The van der Waals surface area contributed by atoms with Gasteiger partial charge >= 0.3 is 8.56 Å². The first kappa shape index (κ1) is 22.1. The normalized spacial score (nSPS) is 12.0. The molecule has 0 fully saturated rings. The van der Waals surface area contributed by atoms with Crippen molar-refractivity contribution >= 4 is 8.56 Å². The fourth-order valence-electron chi connectivity index (χ4n) is 3.23.